The van der Waals surface area contributed by atoms with Gasteiger partial charge in [-0.15, -0.1) is 0 Å². The molecule has 4 aromatic rings. The number of fused-ring (bicyclic) bond motifs is 1. The van der Waals surface area contributed by atoms with Crippen LogP contribution in [0, 0.1) is 11.8 Å². The van der Waals surface area contributed by atoms with Gasteiger partial charge in [0.15, 0.2) is 17.3 Å². The van der Waals surface area contributed by atoms with E-state index >= 15 is 0 Å². The smallest absolute Gasteiger partial charge is 0.208 e. The molecule has 0 bridgehead atoms. The molecule has 142 valence electrons. The summed E-state index contributed by atoms with van der Waals surface area (Å²) in [6.45, 7) is 0. The number of rotatable bonds is 3. The van der Waals surface area contributed by atoms with Crippen molar-refractivity contribution in [1.82, 2.24) is 0 Å². The Hall–Kier alpha value is -3.97. The molecule has 4 heteroatoms. The van der Waals surface area contributed by atoms with Crippen molar-refractivity contribution in [3.05, 3.63) is 94.1 Å². The largest absolute Gasteiger partial charge is 0.493 e. The average Bonchev–Trinajstić information content (AvgIpc) is 2.78. The Morgan fingerprint density at radius 3 is 2.28 bits per heavy atom. The molecule has 0 fully saturated rings. The van der Waals surface area contributed by atoms with Gasteiger partial charge in [-0.05, 0) is 42.5 Å². The van der Waals surface area contributed by atoms with E-state index in [2.05, 4.69) is 11.8 Å². The van der Waals surface area contributed by atoms with Crippen molar-refractivity contribution in [1.29, 1.82) is 0 Å². The minimum atomic E-state index is -0.167. The third-order valence-electron chi connectivity index (χ3n) is 4.55. The SMILES string of the molecule is COc1ccc(-c2oc3ccccc3c(=O)c2C#Cc2ccccc2)cc1OC. The van der Waals surface area contributed by atoms with Crippen LogP contribution in [0.3, 0.4) is 0 Å². The summed E-state index contributed by atoms with van der Waals surface area (Å²) >= 11 is 0. The molecular formula is C25H18O4. The van der Waals surface area contributed by atoms with Crippen molar-refractivity contribution >= 4 is 11.0 Å². The Balaban J connectivity index is 1.98. The number of ether oxygens (including phenoxy) is 2. The maximum Gasteiger partial charge on any atom is 0.208 e. The van der Waals surface area contributed by atoms with Gasteiger partial charge in [0.2, 0.25) is 5.43 Å². The molecule has 0 saturated carbocycles. The van der Waals surface area contributed by atoms with Crippen LogP contribution in [-0.2, 0) is 0 Å². The summed E-state index contributed by atoms with van der Waals surface area (Å²) in [5.74, 6) is 7.63. The number of hydrogen-bond acceptors (Lipinski definition) is 4. The standard InChI is InChI=1S/C25H18O4/c1-27-22-15-13-18(16-23(22)28-2)25-20(14-12-17-8-4-3-5-9-17)24(26)19-10-6-7-11-21(19)29-25/h3-11,13,15-16H,1-2H3. The van der Waals surface area contributed by atoms with Gasteiger partial charge in [0.05, 0.1) is 19.6 Å². The molecule has 4 nitrogen and oxygen atoms in total. The van der Waals surface area contributed by atoms with E-state index < -0.39 is 0 Å². The van der Waals surface area contributed by atoms with Crippen molar-refractivity contribution in [2.45, 2.75) is 0 Å². The van der Waals surface area contributed by atoms with Crippen LogP contribution < -0.4 is 14.9 Å². The van der Waals surface area contributed by atoms with E-state index in [1.54, 1.807) is 38.5 Å². The number of hydrogen-bond donors (Lipinski definition) is 0. The Labute approximate surface area is 168 Å². The average molecular weight is 382 g/mol. The van der Waals surface area contributed by atoms with Crippen LogP contribution in [0.25, 0.3) is 22.3 Å². The van der Waals surface area contributed by atoms with Gasteiger partial charge in [-0.2, -0.15) is 0 Å². The normalized spacial score (nSPS) is 10.3. The molecule has 0 amide bonds. The van der Waals surface area contributed by atoms with Crippen molar-refractivity contribution in [2.24, 2.45) is 0 Å². The fourth-order valence-electron chi connectivity index (χ4n) is 3.09. The molecular weight excluding hydrogens is 364 g/mol. The summed E-state index contributed by atoms with van der Waals surface area (Å²) in [7, 11) is 3.14. The lowest BCUT2D eigenvalue weighted by Gasteiger charge is -2.11. The first kappa shape index (κ1) is 18.4. The van der Waals surface area contributed by atoms with E-state index in [-0.39, 0.29) is 5.43 Å². The molecule has 0 aliphatic heterocycles. The lowest BCUT2D eigenvalue weighted by atomic mass is 10.0. The predicted molar refractivity (Wildman–Crippen MR) is 113 cm³/mol. The molecule has 0 aliphatic carbocycles. The monoisotopic (exact) mass is 382 g/mol. The highest BCUT2D eigenvalue weighted by molar-refractivity contribution is 5.82. The van der Waals surface area contributed by atoms with Gasteiger partial charge >= 0.3 is 0 Å². The van der Waals surface area contributed by atoms with Crippen LogP contribution >= 0.6 is 0 Å². The molecule has 0 unspecified atom stereocenters. The summed E-state index contributed by atoms with van der Waals surface area (Å²) < 4.78 is 16.8. The molecule has 1 aromatic heterocycles. The van der Waals surface area contributed by atoms with Gasteiger partial charge in [0.1, 0.15) is 11.1 Å². The third kappa shape index (κ3) is 3.59. The molecule has 0 N–H and O–H groups in total. The zero-order valence-electron chi connectivity index (χ0n) is 16.1. The van der Waals surface area contributed by atoms with Gasteiger partial charge in [0.25, 0.3) is 0 Å². The highest BCUT2D eigenvalue weighted by Gasteiger charge is 2.16. The Kier molecular flexibility index (Phi) is 5.05. The zero-order valence-corrected chi connectivity index (χ0v) is 16.1. The molecule has 0 aliphatic rings. The van der Waals surface area contributed by atoms with E-state index in [1.807, 2.05) is 48.5 Å². The molecule has 0 spiro atoms. The maximum absolute atomic E-state index is 13.2. The molecule has 0 radical (unpaired) electrons. The van der Waals surface area contributed by atoms with E-state index in [9.17, 15) is 4.79 Å². The van der Waals surface area contributed by atoms with Crippen molar-refractivity contribution in [3.8, 4) is 34.7 Å². The summed E-state index contributed by atoms with van der Waals surface area (Å²) in [6.07, 6.45) is 0. The number of para-hydroxylation sites is 1. The fraction of sp³-hybridized carbons (Fsp3) is 0.0800. The Bertz CT molecular complexity index is 1290. The first-order chi connectivity index (χ1) is 14.2. The van der Waals surface area contributed by atoms with Crippen molar-refractivity contribution in [3.63, 3.8) is 0 Å². The fourth-order valence-corrected chi connectivity index (χ4v) is 3.09. The van der Waals surface area contributed by atoms with Crippen LogP contribution in [0.1, 0.15) is 11.1 Å². The number of methoxy groups -OCH3 is 2. The van der Waals surface area contributed by atoms with E-state index in [0.717, 1.165) is 5.56 Å². The van der Waals surface area contributed by atoms with Gasteiger partial charge in [-0.3, -0.25) is 4.79 Å². The maximum atomic E-state index is 13.2. The first-order valence-electron chi connectivity index (χ1n) is 9.06. The molecule has 29 heavy (non-hydrogen) atoms. The van der Waals surface area contributed by atoms with E-state index in [0.29, 0.717) is 39.4 Å². The van der Waals surface area contributed by atoms with Crippen LogP contribution in [0.4, 0.5) is 0 Å². The molecule has 0 saturated heterocycles. The number of benzene rings is 3. The lowest BCUT2D eigenvalue weighted by molar-refractivity contribution is 0.355. The second-order valence-corrected chi connectivity index (χ2v) is 6.32. The summed E-state index contributed by atoms with van der Waals surface area (Å²) in [4.78, 5) is 13.2. The lowest BCUT2D eigenvalue weighted by Crippen LogP contribution is -2.08. The molecule has 1 heterocycles. The zero-order chi connectivity index (χ0) is 20.2. The van der Waals surface area contributed by atoms with Gasteiger partial charge in [-0.1, -0.05) is 42.2 Å². The van der Waals surface area contributed by atoms with Gasteiger partial charge in [-0.25, -0.2) is 0 Å². The second-order valence-electron chi connectivity index (χ2n) is 6.32. The topological polar surface area (TPSA) is 48.7 Å². The highest BCUT2D eigenvalue weighted by atomic mass is 16.5. The molecule has 0 atom stereocenters. The summed E-state index contributed by atoms with van der Waals surface area (Å²) in [5, 5.41) is 0.495. The third-order valence-corrected chi connectivity index (χ3v) is 4.55. The van der Waals surface area contributed by atoms with Crippen molar-refractivity contribution < 1.29 is 13.9 Å². The van der Waals surface area contributed by atoms with Crippen LogP contribution in [0.2, 0.25) is 0 Å². The van der Waals surface area contributed by atoms with E-state index in [1.165, 1.54) is 0 Å². The summed E-state index contributed by atoms with van der Waals surface area (Å²) in [6, 6.07) is 22.1. The minimum Gasteiger partial charge on any atom is -0.493 e. The Morgan fingerprint density at radius 1 is 0.793 bits per heavy atom. The van der Waals surface area contributed by atoms with Crippen LogP contribution in [0.15, 0.2) is 82.0 Å². The minimum absolute atomic E-state index is 0.167. The quantitative estimate of drug-likeness (QED) is 0.474. The highest BCUT2D eigenvalue weighted by Crippen LogP contribution is 2.34. The Morgan fingerprint density at radius 2 is 1.52 bits per heavy atom. The van der Waals surface area contributed by atoms with Crippen LogP contribution in [0.5, 0.6) is 11.5 Å². The van der Waals surface area contributed by atoms with Crippen LogP contribution in [-0.4, -0.2) is 14.2 Å². The first-order valence-corrected chi connectivity index (χ1v) is 9.06. The predicted octanol–water partition coefficient (Wildman–Crippen LogP) is 4.88. The van der Waals surface area contributed by atoms with Gasteiger partial charge in [0, 0.05) is 11.1 Å². The van der Waals surface area contributed by atoms with Gasteiger partial charge < -0.3 is 13.9 Å². The molecule has 4 rings (SSSR count). The molecule has 3 aromatic carbocycles. The van der Waals surface area contributed by atoms with E-state index in [4.69, 9.17) is 13.9 Å². The second kappa shape index (κ2) is 7.95. The van der Waals surface area contributed by atoms with Crippen molar-refractivity contribution in [2.75, 3.05) is 14.2 Å². The summed E-state index contributed by atoms with van der Waals surface area (Å²) in [5.41, 5.74) is 2.15.